The molecule has 5 nitrogen and oxygen atoms in total. The maximum atomic E-state index is 13.9. The molecule has 1 atom stereocenters. The van der Waals surface area contributed by atoms with Crippen molar-refractivity contribution in [3.05, 3.63) is 48.6 Å². The van der Waals surface area contributed by atoms with Crippen LogP contribution < -0.4 is 5.32 Å². The summed E-state index contributed by atoms with van der Waals surface area (Å²) in [5.74, 6) is 0.784. The summed E-state index contributed by atoms with van der Waals surface area (Å²) >= 11 is 0. The minimum absolute atomic E-state index is 0.0236. The number of carbonyl (C=O) groups is 1. The molecule has 0 fully saturated rings. The van der Waals surface area contributed by atoms with Gasteiger partial charge in [-0.2, -0.15) is 0 Å². The largest absolute Gasteiger partial charge is 0.348 e. The van der Waals surface area contributed by atoms with Crippen LogP contribution in [0.5, 0.6) is 0 Å². The number of nitrogens with one attached hydrogen (secondary N) is 1. The van der Waals surface area contributed by atoms with Gasteiger partial charge in [-0.3, -0.25) is 4.79 Å². The molecule has 1 aromatic heterocycles. The van der Waals surface area contributed by atoms with Crippen LogP contribution in [0.25, 0.3) is 11.4 Å². The van der Waals surface area contributed by atoms with Crippen molar-refractivity contribution in [1.29, 1.82) is 0 Å². The lowest BCUT2D eigenvalue weighted by Crippen LogP contribution is -2.40. The average Bonchev–Trinajstić information content (AvgIpc) is 2.90. The first-order chi connectivity index (χ1) is 10.2. The molecule has 0 radical (unpaired) electrons. The van der Waals surface area contributed by atoms with E-state index in [0.29, 0.717) is 24.4 Å². The Morgan fingerprint density at radius 1 is 1.43 bits per heavy atom. The van der Waals surface area contributed by atoms with Crippen molar-refractivity contribution in [3.8, 4) is 11.4 Å². The fraction of sp³-hybridized carbons (Fsp3) is 0.267. The van der Waals surface area contributed by atoms with E-state index in [0.717, 1.165) is 12.2 Å². The monoisotopic (exact) mass is 286 g/mol. The fourth-order valence-corrected chi connectivity index (χ4v) is 2.55. The molecule has 1 aromatic carbocycles. The molecule has 1 N–H and O–H groups in total. The van der Waals surface area contributed by atoms with Gasteiger partial charge in [-0.05, 0) is 24.6 Å². The van der Waals surface area contributed by atoms with Gasteiger partial charge in [-0.25, -0.2) is 4.39 Å². The van der Waals surface area contributed by atoms with Crippen LogP contribution >= 0.6 is 0 Å². The molecule has 0 saturated heterocycles. The standard InChI is InChI=1S/C15H15FN4O/c1-2-14(21)17-10-7-8-13-18-19-15(20(13)9-10)11-5-3-4-6-12(11)16/h2-6,10H,1,7-9H2,(H,17,21). The van der Waals surface area contributed by atoms with E-state index in [1.165, 1.54) is 12.1 Å². The Balaban J connectivity index is 1.91. The summed E-state index contributed by atoms with van der Waals surface area (Å²) in [6, 6.07) is 6.46. The first kappa shape index (κ1) is 13.5. The number of aromatic nitrogens is 3. The first-order valence-electron chi connectivity index (χ1n) is 6.79. The van der Waals surface area contributed by atoms with Crippen LogP contribution in [0, 0.1) is 5.82 Å². The Bertz CT molecular complexity index is 695. The quantitative estimate of drug-likeness (QED) is 0.874. The van der Waals surface area contributed by atoms with Crippen LogP contribution in [0.15, 0.2) is 36.9 Å². The van der Waals surface area contributed by atoms with Gasteiger partial charge in [-0.1, -0.05) is 18.7 Å². The van der Waals surface area contributed by atoms with Crippen LogP contribution in [0.4, 0.5) is 4.39 Å². The van der Waals surface area contributed by atoms with Gasteiger partial charge in [0, 0.05) is 19.0 Å². The normalized spacial score (nSPS) is 17.1. The van der Waals surface area contributed by atoms with E-state index in [1.807, 2.05) is 4.57 Å². The molecular weight excluding hydrogens is 271 g/mol. The van der Waals surface area contributed by atoms with Gasteiger partial charge in [0.25, 0.3) is 0 Å². The van der Waals surface area contributed by atoms with Crippen molar-refractivity contribution in [2.24, 2.45) is 0 Å². The van der Waals surface area contributed by atoms with Crippen molar-refractivity contribution >= 4 is 5.91 Å². The van der Waals surface area contributed by atoms with Gasteiger partial charge >= 0.3 is 0 Å². The number of rotatable bonds is 3. The molecule has 0 saturated carbocycles. The lowest BCUT2D eigenvalue weighted by Gasteiger charge is -2.24. The Kier molecular flexibility index (Phi) is 3.51. The van der Waals surface area contributed by atoms with Crippen molar-refractivity contribution in [1.82, 2.24) is 20.1 Å². The third kappa shape index (κ3) is 2.56. The molecular formula is C15H15FN4O. The number of hydrogen-bond acceptors (Lipinski definition) is 3. The highest BCUT2D eigenvalue weighted by atomic mass is 19.1. The van der Waals surface area contributed by atoms with E-state index in [4.69, 9.17) is 0 Å². The Labute approximate surface area is 121 Å². The number of carbonyl (C=O) groups excluding carboxylic acids is 1. The molecule has 1 amide bonds. The third-order valence-corrected chi connectivity index (χ3v) is 3.59. The minimum Gasteiger partial charge on any atom is -0.348 e. The van der Waals surface area contributed by atoms with Crippen molar-refractivity contribution < 1.29 is 9.18 Å². The Hall–Kier alpha value is -2.50. The number of halogens is 1. The van der Waals surface area contributed by atoms with Crippen LogP contribution in [-0.2, 0) is 17.8 Å². The topological polar surface area (TPSA) is 59.8 Å². The maximum absolute atomic E-state index is 13.9. The molecule has 2 heterocycles. The number of benzene rings is 1. The van der Waals surface area contributed by atoms with Gasteiger partial charge in [0.15, 0.2) is 5.82 Å². The smallest absolute Gasteiger partial charge is 0.243 e. The van der Waals surface area contributed by atoms with Gasteiger partial charge in [0.1, 0.15) is 11.6 Å². The van der Waals surface area contributed by atoms with Crippen LogP contribution in [-0.4, -0.2) is 26.7 Å². The number of amides is 1. The number of aryl methyl sites for hydroxylation is 1. The van der Waals surface area contributed by atoms with E-state index < -0.39 is 0 Å². The minimum atomic E-state index is -0.329. The molecule has 21 heavy (non-hydrogen) atoms. The van der Waals surface area contributed by atoms with Crippen molar-refractivity contribution in [2.45, 2.75) is 25.4 Å². The second-order valence-corrected chi connectivity index (χ2v) is 4.98. The molecule has 6 heteroatoms. The second kappa shape index (κ2) is 5.47. The summed E-state index contributed by atoms with van der Waals surface area (Å²) in [7, 11) is 0. The first-order valence-corrected chi connectivity index (χ1v) is 6.79. The molecule has 2 aromatic rings. The van der Waals surface area contributed by atoms with Crippen LogP contribution in [0.3, 0.4) is 0 Å². The summed E-state index contributed by atoms with van der Waals surface area (Å²) in [6.45, 7) is 3.98. The Morgan fingerprint density at radius 2 is 2.24 bits per heavy atom. The highest BCUT2D eigenvalue weighted by Crippen LogP contribution is 2.25. The zero-order chi connectivity index (χ0) is 14.8. The second-order valence-electron chi connectivity index (χ2n) is 4.98. The van der Waals surface area contributed by atoms with E-state index in [-0.39, 0.29) is 17.8 Å². The van der Waals surface area contributed by atoms with Gasteiger partial charge in [0.2, 0.25) is 5.91 Å². The molecule has 1 unspecified atom stereocenters. The highest BCUT2D eigenvalue weighted by Gasteiger charge is 2.25. The van der Waals surface area contributed by atoms with E-state index >= 15 is 0 Å². The molecule has 3 rings (SSSR count). The summed E-state index contributed by atoms with van der Waals surface area (Å²) < 4.78 is 15.8. The molecule has 1 aliphatic rings. The van der Waals surface area contributed by atoms with Crippen LogP contribution in [0.2, 0.25) is 0 Å². The molecule has 1 aliphatic heterocycles. The molecule has 0 bridgehead atoms. The fourth-order valence-electron chi connectivity index (χ4n) is 2.55. The Morgan fingerprint density at radius 3 is 3.00 bits per heavy atom. The maximum Gasteiger partial charge on any atom is 0.243 e. The zero-order valence-electron chi connectivity index (χ0n) is 11.4. The summed E-state index contributed by atoms with van der Waals surface area (Å²) in [5.41, 5.74) is 0.423. The number of fused-ring (bicyclic) bond motifs is 1. The molecule has 0 aliphatic carbocycles. The summed E-state index contributed by atoms with van der Waals surface area (Å²) in [4.78, 5) is 11.4. The van der Waals surface area contributed by atoms with Gasteiger partial charge in [0.05, 0.1) is 5.56 Å². The third-order valence-electron chi connectivity index (χ3n) is 3.59. The van der Waals surface area contributed by atoms with Crippen LogP contribution in [0.1, 0.15) is 12.2 Å². The number of nitrogens with zero attached hydrogens (tertiary/aromatic N) is 3. The zero-order valence-corrected chi connectivity index (χ0v) is 11.4. The van der Waals surface area contributed by atoms with Gasteiger partial charge < -0.3 is 9.88 Å². The predicted octanol–water partition coefficient (Wildman–Crippen LogP) is 1.70. The van der Waals surface area contributed by atoms with Crippen molar-refractivity contribution in [3.63, 3.8) is 0 Å². The molecule has 108 valence electrons. The highest BCUT2D eigenvalue weighted by molar-refractivity contribution is 5.87. The van der Waals surface area contributed by atoms with E-state index in [2.05, 4.69) is 22.1 Å². The lowest BCUT2D eigenvalue weighted by molar-refractivity contribution is -0.117. The summed E-state index contributed by atoms with van der Waals surface area (Å²) in [5, 5.41) is 11.1. The van der Waals surface area contributed by atoms with Crippen molar-refractivity contribution in [2.75, 3.05) is 0 Å². The predicted molar refractivity (Wildman–Crippen MR) is 75.9 cm³/mol. The lowest BCUT2D eigenvalue weighted by atomic mass is 10.1. The molecule has 0 spiro atoms. The van der Waals surface area contributed by atoms with E-state index in [9.17, 15) is 9.18 Å². The van der Waals surface area contributed by atoms with E-state index in [1.54, 1.807) is 18.2 Å². The average molecular weight is 286 g/mol. The van der Waals surface area contributed by atoms with Gasteiger partial charge in [-0.15, -0.1) is 10.2 Å². The summed E-state index contributed by atoms with van der Waals surface area (Å²) in [6.07, 6.45) is 2.73. The SMILES string of the molecule is C=CC(=O)NC1CCc2nnc(-c3ccccc3F)n2C1. The number of hydrogen-bond donors (Lipinski definition) is 1.